The Labute approximate surface area is 137 Å². The van der Waals surface area contributed by atoms with Gasteiger partial charge in [-0.1, -0.05) is 47.1 Å². The lowest BCUT2D eigenvalue weighted by Gasteiger charge is -2.29. The van der Waals surface area contributed by atoms with Crippen LogP contribution in [0.1, 0.15) is 18.9 Å². The quantitative estimate of drug-likeness (QED) is 0.509. The van der Waals surface area contributed by atoms with E-state index >= 15 is 0 Å². The summed E-state index contributed by atoms with van der Waals surface area (Å²) in [5.41, 5.74) is -3.71. The van der Waals surface area contributed by atoms with E-state index < -0.39 is 18.0 Å². The van der Waals surface area contributed by atoms with Crippen LogP contribution in [0, 0.1) is 0 Å². The van der Waals surface area contributed by atoms with E-state index in [0.717, 1.165) is 10.5 Å². The zero-order valence-electron chi connectivity index (χ0n) is 11.8. The lowest BCUT2D eigenvalue weighted by molar-refractivity contribution is -0.347. The topological polar surface area (TPSA) is 20.2 Å². The van der Waals surface area contributed by atoms with Gasteiger partial charge in [0.15, 0.2) is 0 Å². The molecule has 23 heavy (non-hydrogen) atoms. The highest BCUT2D eigenvalue weighted by molar-refractivity contribution is 9.10. The summed E-state index contributed by atoms with van der Waals surface area (Å²) >= 11 is 3.23. The van der Waals surface area contributed by atoms with Crippen LogP contribution >= 0.6 is 15.9 Å². The molecule has 1 aromatic carbocycles. The van der Waals surface area contributed by atoms with Crippen LogP contribution in [0.2, 0.25) is 0 Å². The van der Waals surface area contributed by atoms with E-state index in [2.05, 4.69) is 15.9 Å². The molecule has 0 saturated heterocycles. The first kappa shape index (κ1) is 19.8. The van der Waals surface area contributed by atoms with Crippen molar-refractivity contribution in [3.8, 4) is 0 Å². The lowest BCUT2D eigenvalue weighted by atomic mass is 10.00. The van der Waals surface area contributed by atoms with E-state index in [0.29, 0.717) is 23.6 Å². The minimum Gasteiger partial charge on any atom is -0.370 e. The molecule has 0 radical (unpaired) electrons. The van der Waals surface area contributed by atoms with E-state index in [-0.39, 0.29) is 6.08 Å². The predicted molar refractivity (Wildman–Crippen MR) is 78.6 cm³/mol. The van der Waals surface area contributed by atoms with Crippen molar-refractivity contribution in [3.05, 3.63) is 52.5 Å². The third-order valence-electron chi connectivity index (χ3n) is 3.08. The molecular weight excluding hydrogens is 390 g/mol. The van der Waals surface area contributed by atoms with Crippen LogP contribution in [0.25, 0.3) is 5.57 Å². The zero-order chi connectivity index (χ0) is 17.9. The Hall–Kier alpha value is -1.28. The molecule has 0 aromatic heterocycles. The first-order valence-electron chi connectivity index (χ1n) is 6.42. The third-order valence-corrected chi connectivity index (χ3v) is 3.57. The molecule has 0 bridgehead atoms. The van der Waals surface area contributed by atoms with Crippen molar-refractivity contribution < 1.29 is 31.4 Å². The number of hydrogen-bond acceptors (Lipinski definition) is 1. The molecule has 0 unspecified atom stereocenters. The van der Waals surface area contributed by atoms with Crippen LogP contribution < -0.4 is 0 Å². The molecule has 0 aliphatic rings. The highest BCUT2D eigenvalue weighted by Crippen LogP contribution is 2.44. The molecule has 0 spiro atoms. The van der Waals surface area contributed by atoms with Gasteiger partial charge in [-0.2, -0.15) is 26.3 Å². The Morgan fingerprint density at radius 1 is 1.13 bits per heavy atom. The van der Waals surface area contributed by atoms with E-state index in [1.165, 1.54) is 0 Å². The molecule has 0 atom stereocenters. The maximum atomic E-state index is 12.5. The normalized spacial score (nSPS) is 14.6. The van der Waals surface area contributed by atoms with Gasteiger partial charge in [0.05, 0.1) is 0 Å². The summed E-state index contributed by atoms with van der Waals surface area (Å²) in [6.45, 7) is 1.71. The van der Waals surface area contributed by atoms with Crippen molar-refractivity contribution in [2.24, 2.45) is 0 Å². The highest BCUT2D eigenvalue weighted by Gasteiger charge is 2.68. The van der Waals surface area contributed by atoms with Gasteiger partial charge in [0.25, 0.3) is 5.60 Å². The fraction of sp³-hybridized carbons (Fsp3) is 0.333. The standard InChI is InChI=1S/C15H13BrF6O/c1-2-10(11-5-3-7-12(16)9-11)6-4-8-13(23,14(17,18)19)15(20,21)22/h3-9,23H,2H2,1H3/b8-4+,10-6+. The second kappa shape index (κ2) is 7.09. The molecular formula is C15H13BrF6O. The zero-order valence-corrected chi connectivity index (χ0v) is 13.4. The van der Waals surface area contributed by atoms with Gasteiger partial charge in [-0.25, -0.2) is 0 Å². The van der Waals surface area contributed by atoms with Crippen LogP contribution in [0.3, 0.4) is 0 Å². The summed E-state index contributed by atoms with van der Waals surface area (Å²) in [7, 11) is 0. The first-order chi connectivity index (χ1) is 10.4. The van der Waals surface area contributed by atoms with Gasteiger partial charge in [0.1, 0.15) is 0 Å². The maximum absolute atomic E-state index is 12.5. The maximum Gasteiger partial charge on any atom is 0.430 e. The van der Waals surface area contributed by atoms with E-state index in [1.807, 2.05) is 0 Å². The van der Waals surface area contributed by atoms with Crippen molar-refractivity contribution in [2.45, 2.75) is 31.3 Å². The second-order valence-electron chi connectivity index (χ2n) is 4.68. The van der Waals surface area contributed by atoms with Gasteiger partial charge in [-0.3, -0.25) is 0 Å². The molecule has 0 aliphatic carbocycles. The van der Waals surface area contributed by atoms with E-state index in [4.69, 9.17) is 5.11 Å². The van der Waals surface area contributed by atoms with Gasteiger partial charge >= 0.3 is 12.4 Å². The third kappa shape index (κ3) is 4.60. The van der Waals surface area contributed by atoms with Gasteiger partial charge in [0, 0.05) is 4.47 Å². The number of allylic oxidation sites excluding steroid dienone is 3. The Bertz CT molecular complexity index is 587. The highest BCUT2D eigenvalue weighted by atomic mass is 79.9. The summed E-state index contributed by atoms with van der Waals surface area (Å²) in [5, 5.41) is 9.01. The molecule has 0 heterocycles. The van der Waals surface area contributed by atoms with Crippen molar-refractivity contribution in [1.82, 2.24) is 0 Å². The van der Waals surface area contributed by atoms with Crippen molar-refractivity contribution >= 4 is 21.5 Å². The molecule has 1 rings (SSSR count). The number of benzene rings is 1. The fourth-order valence-electron chi connectivity index (χ4n) is 1.76. The smallest absolute Gasteiger partial charge is 0.370 e. The van der Waals surface area contributed by atoms with Crippen LogP contribution in [-0.4, -0.2) is 23.1 Å². The second-order valence-corrected chi connectivity index (χ2v) is 5.59. The van der Waals surface area contributed by atoms with Crippen molar-refractivity contribution in [3.63, 3.8) is 0 Å². The molecule has 1 N–H and O–H groups in total. The lowest BCUT2D eigenvalue weighted by Crippen LogP contribution is -2.55. The molecule has 8 heteroatoms. The Balaban J connectivity index is 3.19. The number of aliphatic hydroxyl groups is 1. The first-order valence-corrected chi connectivity index (χ1v) is 7.22. The van der Waals surface area contributed by atoms with Crippen LogP contribution in [-0.2, 0) is 0 Å². The monoisotopic (exact) mass is 402 g/mol. The minimum atomic E-state index is -5.86. The van der Waals surface area contributed by atoms with E-state index in [9.17, 15) is 26.3 Å². The van der Waals surface area contributed by atoms with Gasteiger partial charge < -0.3 is 5.11 Å². The summed E-state index contributed by atoms with van der Waals surface area (Å²) in [4.78, 5) is 0. The molecule has 0 fully saturated rings. The molecule has 1 nitrogen and oxygen atoms in total. The van der Waals surface area contributed by atoms with Gasteiger partial charge in [-0.05, 0) is 35.8 Å². The Morgan fingerprint density at radius 3 is 2.13 bits per heavy atom. The predicted octanol–water partition coefficient (Wildman–Crippen LogP) is 5.65. The Kier molecular flexibility index (Phi) is 6.09. The summed E-state index contributed by atoms with van der Waals surface area (Å²) in [6, 6.07) is 6.78. The largest absolute Gasteiger partial charge is 0.430 e. The van der Waals surface area contributed by atoms with E-state index in [1.54, 1.807) is 31.2 Å². The summed E-state index contributed by atoms with van der Waals surface area (Å²) in [6.07, 6.45) is -9.95. The van der Waals surface area contributed by atoms with Crippen molar-refractivity contribution in [1.29, 1.82) is 0 Å². The SMILES string of the molecule is CC/C(=C\C=C\C(O)(C(F)(F)F)C(F)(F)F)c1cccc(Br)c1. The number of halogens is 7. The minimum absolute atomic E-state index is 0.291. The number of alkyl halides is 6. The van der Waals surface area contributed by atoms with Crippen LogP contribution in [0.5, 0.6) is 0 Å². The molecule has 1 aromatic rings. The molecule has 128 valence electrons. The number of rotatable bonds is 4. The Morgan fingerprint density at radius 2 is 1.70 bits per heavy atom. The summed E-state index contributed by atoms with van der Waals surface area (Å²) in [5.74, 6) is 0. The molecule has 0 aliphatic heterocycles. The van der Waals surface area contributed by atoms with Crippen molar-refractivity contribution in [2.75, 3.05) is 0 Å². The van der Waals surface area contributed by atoms with Gasteiger partial charge in [0.2, 0.25) is 0 Å². The van der Waals surface area contributed by atoms with Crippen LogP contribution in [0.4, 0.5) is 26.3 Å². The molecule has 0 amide bonds. The fourth-order valence-corrected chi connectivity index (χ4v) is 2.16. The molecule has 0 saturated carbocycles. The number of hydrogen-bond donors (Lipinski definition) is 1. The average Bonchev–Trinajstić information content (AvgIpc) is 2.40. The average molecular weight is 403 g/mol. The summed E-state index contributed by atoms with van der Waals surface area (Å²) < 4.78 is 75.9. The van der Waals surface area contributed by atoms with Crippen LogP contribution in [0.15, 0.2) is 47.0 Å². The van der Waals surface area contributed by atoms with Gasteiger partial charge in [-0.15, -0.1) is 0 Å².